The maximum absolute atomic E-state index is 11.3. The number of carbonyl (C=O) groups is 2. The summed E-state index contributed by atoms with van der Waals surface area (Å²) in [6.45, 7) is 2.14. The van der Waals surface area contributed by atoms with Crippen molar-refractivity contribution in [1.82, 2.24) is 19.9 Å². The fourth-order valence-corrected chi connectivity index (χ4v) is 3.52. The summed E-state index contributed by atoms with van der Waals surface area (Å²) in [6.07, 6.45) is 6.49. The van der Waals surface area contributed by atoms with Gasteiger partial charge in [-0.25, -0.2) is 14.8 Å². The number of thiazole rings is 2. The number of carboxylic acids is 1. The average molecular weight is 410 g/mol. The van der Waals surface area contributed by atoms with E-state index in [0.29, 0.717) is 17.1 Å². The number of pyridine rings is 2. The van der Waals surface area contributed by atoms with Crippen LogP contribution in [0.2, 0.25) is 0 Å². The first kappa shape index (κ1) is 21.3. The molecule has 4 aromatic heterocycles. The molecule has 0 aromatic carbocycles. The molecule has 0 fully saturated rings. The van der Waals surface area contributed by atoms with E-state index in [2.05, 4.69) is 19.9 Å². The molecule has 0 atom stereocenters. The van der Waals surface area contributed by atoms with E-state index in [4.69, 9.17) is 4.74 Å². The molecule has 0 saturated carbocycles. The molecule has 0 radical (unpaired) electrons. The summed E-state index contributed by atoms with van der Waals surface area (Å²) in [5.41, 5.74) is 1.43. The Bertz CT molecular complexity index is 1020. The normalized spacial score (nSPS) is 9.96. The largest absolute Gasteiger partial charge is 1.00 e. The van der Waals surface area contributed by atoms with Crippen LogP contribution in [-0.4, -0.2) is 38.5 Å². The second kappa shape index (κ2) is 9.81. The van der Waals surface area contributed by atoms with Gasteiger partial charge in [-0.1, -0.05) is 0 Å². The number of rotatable bonds is 3. The van der Waals surface area contributed by atoms with E-state index in [9.17, 15) is 14.7 Å². The second-order valence-corrected chi connectivity index (χ2v) is 6.79. The molecule has 0 aliphatic carbocycles. The van der Waals surface area contributed by atoms with Gasteiger partial charge in [0.25, 0.3) is 0 Å². The molecule has 0 amide bonds. The van der Waals surface area contributed by atoms with E-state index in [1.807, 2.05) is 0 Å². The van der Waals surface area contributed by atoms with Crippen LogP contribution < -0.4 is 34.7 Å². The number of fused-ring (bicyclic) bond motifs is 2. The van der Waals surface area contributed by atoms with E-state index in [-0.39, 0.29) is 40.5 Å². The van der Waals surface area contributed by atoms with E-state index in [1.165, 1.54) is 11.3 Å². The van der Waals surface area contributed by atoms with Gasteiger partial charge >= 0.3 is 35.5 Å². The van der Waals surface area contributed by atoms with Gasteiger partial charge in [0, 0.05) is 24.8 Å². The van der Waals surface area contributed by atoms with Crippen molar-refractivity contribution < 1.29 is 49.0 Å². The molecule has 4 aromatic rings. The number of hydrogen-bond acceptors (Lipinski definition) is 10. The van der Waals surface area contributed by atoms with Crippen LogP contribution in [0.25, 0.3) is 20.4 Å². The number of nitrogens with zero attached hydrogens (tertiary/aromatic N) is 4. The van der Waals surface area contributed by atoms with Crippen LogP contribution >= 0.6 is 22.7 Å². The van der Waals surface area contributed by atoms with Gasteiger partial charge in [0.15, 0.2) is 0 Å². The minimum absolute atomic E-state index is 0. The van der Waals surface area contributed by atoms with Crippen LogP contribution in [0.1, 0.15) is 26.5 Å². The molecule has 0 N–H and O–H groups in total. The number of carbonyl (C=O) groups excluding carboxylic acids is 2. The van der Waals surface area contributed by atoms with Crippen molar-refractivity contribution in [3.63, 3.8) is 0 Å². The molecule has 132 valence electrons. The number of hydrogen-bond donors (Lipinski definition) is 0. The van der Waals surface area contributed by atoms with Gasteiger partial charge in [-0.3, -0.25) is 9.97 Å². The monoisotopic (exact) mass is 410 g/mol. The van der Waals surface area contributed by atoms with Gasteiger partial charge in [0.05, 0.1) is 27.0 Å². The molecule has 4 rings (SSSR count). The number of esters is 1. The Hall–Kier alpha value is -1.98. The van der Waals surface area contributed by atoms with Crippen LogP contribution in [0, 0.1) is 0 Å². The van der Waals surface area contributed by atoms with Crippen LogP contribution in [0.5, 0.6) is 0 Å². The predicted octanol–water partition coefficient (Wildman–Crippen LogP) is -1.07. The minimum Gasteiger partial charge on any atom is -0.542 e. The van der Waals surface area contributed by atoms with Gasteiger partial charge in [-0.05, 0) is 19.1 Å². The maximum Gasteiger partial charge on any atom is 1.00 e. The number of ether oxygens (including phenoxy) is 1. The first-order valence-corrected chi connectivity index (χ1v) is 9.01. The van der Waals surface area contributed by atoms with Gasteiger partial charge in [0.1, 0.15) is 11.0 Å². The minimum atomic E-state index is -1.24. The summed E-state index contributed by atoms with van der Waals surface area (Å²) < 4.78 is 6.51. The Morgan fingerprint density at radius 2 is 1.52 bits per heavy atom. The van der Waals surface area contributed by atoms with Gasteiger partial charge in [-0.15, -0.1) is 22.7 Å². The van der Waals surface area contributed by atoms with Gasteiger partial charge in [0.2, 0.25) is 5.01 Å². The molecule has 0 saturated heterocycles. The molecule has 11 heteroatoms. The Kier molecular flexibility index (Phi) is 7.75. The van der Waals surface area contributed by atoms with Gasteiger partial charge < -0.3 is 14.6 Å². The summed E-state index contributed by atoms with van der Waals surface area (Å²) in [4.78, 5) is 37.5. The van der Waals surface area contributed by atoms with E-state index >= 15 is 0 Å². The van der Waals surface area contributed by atoms with Crippen LogP contribution in [0.3, 0.4) is 0 Å². The molecular formula is C16H11N4NaO4S2. The van der Waals surface area contributed by atoms with Crippen molar-refractivity contribution in [1.29, 1.82) is 0 Å². The van der Waals surface area contributed by atoms with Crippen LogP contribution in [-0.2, 0) is 4.74 Å². The standard InChI is InChI=1S/C9H8N2O2S.C7H4N2O2S.Na/c1-2-13-9(12)8-11-6-3-4-10-5-7(6)14-8;10-7(11)6-9-4-1-2-8-3-5(4)12-6;/h3-5H,2H2,1H3;1-3H,(H,10,11);/q;;+1/p-1. The maximum atomic E-state index is 11.3. The summed E-state index contributed by atoms with van der Waals surface area (Å²) in [5, 5.41) is 10.8. The third kappa shape index (κ3) is 5.27. The molecule has 4 heterocycles. The molecule has 0 spiro atoms. The number of carboxylic acid groups (broad SMARTS) is 1. The van der Waals surface area contributed by atoms with E-state index in [1.54, 1.807) is 43.8 Å². The zero-order valence-corrected chi connectivity index (χ0v) is 18.0. The topological polar surface area (TPSA) is 118 Å². The summed E-state index contributed by atoms with van der Waals surface area (Å²) in [5.74, 6) is -1.61. The average Bonchev–Trinajstić information content (AvgIpc) is 3.26. The molecule has 0 aliphatic rings. The Morgan fingerprint density at radius 3 is 2.00 bits per heavy atom. The second-order valence-electron chi connectivity index (χ2n) is 4.73. The predicted molar refractivity (Wildman–Crippen MR) is 95.1 cm³/mol. The summed E-state index contributed by atoms with van der Waals surface area (Å²) in [7, 11) is 0. The van der Waals surface area contributed by atoms with Crippen molar-refractivity contribution >= 4 is 55.0 Å². The van der Waals surface area contributed by atoms with Crippen LogP contribution in [0.15, 0.2) is 36.9 Å². The van der Waals surface area contributed by atoms with Crippen molar-refractivity contribution in [2.75, 3.05) is 6.61 Å². The molecule has 27 heavy (non-hydrogen) atoms. The summed E-state index contributed by atoms with van der Waals surface area (Å²) >= 11 is 2.37. The third-order valence-electron chi connectivity index (χ3n) is 3.01. The first-order valence-electron chi connectivity index (χ1n) is 7.38. The zero-order chi connectivity index (χ0) is 18.5. The summed E-state index contributed by atoms with van der Waals surface area (Å²) in [6, 6.07) is 3.44. The Labute approximate surface area is 183 Å². The SMILES string of the molecule is CCOC(=O)c1nc2ccncc2s1.O=C([O-])c1nc2ccncc2s1.[Na+]. The van der Waals surface area contributed by atoms with Crippen molar-refractivity contribution in [2.45, 2.75) is 6.92 Å². The number of aromatic nitrogens is 4. The van der Waals surface area contributed by atoms with Crippen molar-refractivity contribution in [3.8, 4) is 0 Å². The third-order valence-corrected chi connectivity index (χ3v) is 4.98. The molecule has 8 nitrogen and oxygen atoms in total. The van der Waals surface area contributed by atoms with E-state index < -0.39 is 5.97 Å². The van der Waals surface area contributed by atoms with Crippen molar-refractivity contribution in [2.24, 2.45) is 0 Å². The van der Waals surface area contributed by atoms with Crippen molar-refractivity contribution in [3.05, 3.63) is 46.9 Å². The number of aromatic carboxylic acids is 1. The molecule has 0 bridgehead atoms. The van der Waals surface area contributed by atoms with Crippen LogP contribution in [0.4, 0.5) is 0 Å². The fourth-order valence-electron chi connectivity index (χ4n) is 1.93. The molecule has 0 aliphatic heterocycles. The quantitative estimate of drug-likeness (QED) is 0.309. The molecule has 0 unspecified atom stereocenters. The smallest absolute Gasteiger partial charge is 0.542 e. The van der Waals surface area contributed by atoms with E-state index in [0.717, 1.165) is 26.3 Å². The Morgan fingerprint density at radius 1 is 1.00 bits per heavy atom. The Balaban J connectivity index is 0.000000189. The first-order chi connectivity index (χ1) is 12.6. The fraction of sp³-hybridized carbons (Fsp3) is 0.125. The van der Waals surface area contributed by atoms with Gasteiger partial charge in [-0.2, -0.15) is 0 Å². The molecular weight excluding hydrogens is 399 g/mol. The zero-order valence-electron chi connectivity index (χ0n) is 14.4.